The van der Waals surface area contributed by atoms with Crippen molar-refractivity contribution in [2.75, 3.05) is 5.32 Å². The highest BCUT2D eigenvalue weighted by Crippen LogP contribution is 2.16. The third-order valence-electron chi connectivity index (χ3n) is 4.50. The first-order chi connectivity index (χ1) is 14.6. The number of nitrogens with zero attached hydrogens (tertiary/aromatic N) is 1. The zero-order chi connectivity index (χ0) is 23.1. The lowest BCUT2D eigenvalue weighted by Gasteiger charge is -2.23. The van der Waals surface area contributed by atoms with E-state index in [-0.39, 0.29) is 11.6 Å². The molecule has 2 aromatic carbocycles. The van der Waals surface area contributed by atoms with Gasteiger partial charge in [0, 0.05) is 23.4 Å². The van der Waals surface area contributed by atoms with Gasteiger partial charge in [0.2, 0.25) is 0 Å². The fourth-order valence-electron chi connectivity index (χ4n) is 2.72. The fourth-order valence-corrected chi connectivity index (χ4v) is 2.72. The van der Waals surface area contributed by atoms with Crippen molar-refractivity contribution in [3.8, 4) is 0 Å². The maximum atomic E-state index is 12.6. The lowest BCUT2D eigenvalue weighted by Crippen LogP contribution is -2.47. The number of ether oxygens (including phenoxy) is 1. The van der Waals surface area contributed by atoms with Gasteiger partial charge in [-0.1, -0.05) is 31.5 Å². The second-order valence-electron chi connectivity index (χ2n) is 7.44. The van der Waals surface area contributed by atoms with E-state index >= 15 is 0 Å². The summed E-state index contributed by atoms with van der Waals surface area (Å²) < 4.78 is 5.26. The summed E-state index contributed by atoms with van der Waals surface area (Å²) in [5, 5.41) is 15.9. The van der Waals surface area contributed by atoms with Gasteiger partial charge in [0.15, 0.2) is 6.10 Å². The van der Waals surface area contributed by atoms with E-state index in [2.05, 4.69) is 10.6 Å². The number of carbonyl (C=O) groups is 3. The van der Waals surface area contributed by atoms with Crippen LogP contribution in [0.1, 0.15) is 36.7 Å². The molecular weight excluding hydrogens is 402 g/mol. The van der Waals surface area contributed by atoms with Gasteiger partial charge in [-0.3, -0.25) is 19.7 Å². The van der Waals surface area contributed by atoms with Crippen LogP contribution in [0.2, 0.25) is 0 Å². The van der Waals surface area contributed by atoms with E-state index in [1.807, 2.05) is 13.0 Å². The number of esters is 1. The van der Waals surface area contributed by atoms with Gasteiger partial charge in [-0.25, -0.2) is 4.79 Å². The molecule has 2 rings (SSSR count). The van der Waals surface area contributed by atoms with Crippen LogP contribution in [-0.4, -0.2) is 34.9 Å². The van der Waals surface area contributed by atoms with E-state index in [1.165, 1.54) is 31.2 Å². The van der Waals surface area contributed by atoms with Crippen LogP contribution >= 0.6 is 0 Å². The molecule has 2 atom stereocenters. The Bertz CT molecular complexity index is 971. The molecule has 0 aliphatic carbocycles. The molecule has 0 heterocycles. The molecule has 2 amide bonds. The molecular formula is C22H25N3O6. The number of non-ortho nitro benzene ring substituents is 1. The zero-order valence-corrected chi connectivity index (χ0v) is 17.7. The monoisotopic (exact) mass is 427 g/mol. The van der Waals surface area contributed by atoms with Gasteiger partial charge < -0.3 is 15.4 Å². The Kier molecular flexibility index (Phi) is 7.84. The second-order valence-corrected chi connectivity index (χ2v) is 7.44. The Morgan fingerprint density at radius 2 is 1.68 bits per heavy atom. The number of amides is 2. The first-order valence-electron chi connectivity index (χ1n) is 9.72. The minimum atomic E-state index is -1.14. The fraction of sp³-hybridized carbons (Fsp3) is 0.318. The molecule has 0 radical (unpaired) electrons. The summed E-state index contributed by atoms with van der Waals surface area (Å²) in [5.41, 5.74) is 1.54. The van der Waals surface area contributed by atoms with E-state index in [9.17, 15) is 24.5 Å². The molecule has 0 saturated heterocycles. The number of hydrogen-bond donors (Lipinski definition) is 2. The van der Waals surface area contributed by atoms with Crippen LogP contribution < -0.4 is 10.6 Å². The number of aryl methyl sites for hydroxylation is 1. The summed E-state index contributed by atoms with van der Waals surface area (Å²) in [6.45, 7) is 6.77. The Morgan fingerprint density at radius 3 is 2.23 bits per heavy atom. The number of benzene rings is 2. The van der Waals surface area contributed by atoms with Crippen molar-refractivity contribution in [2.45, 2.75) is 39.8 Å². The SMILES string of the molecule is Cc1cccc(C(=O)N[C@H](C(=O)OC(C)C(=O)Nc2ccc([N+](=O)[O-])cc2)C(C)C)c1. The van der Waals surface area contributed by atoms with Crippen molar-refractivity contribution in [3.05, 3.63) is 69.8 Å². The van der Waals surface area contributed by atoms with E-state index in [0.29, 0.717) is 11.3 Å². The van der Waals surface area contributed by atoms with Crippen LogP contribution in [0.15, 0.2) is 48.5 Å². The van der Waals surface area contributed by atoms with Gasteiger partial charge in [0.25, 0.3) is 17.5 Å². The van der Waals surface area contributed by atoms with Crippen molar-refractivity contribution in [1.29, 1.82) is 0 Å². The molecule has 9 heteroatoms. The molecule has 0 saturated carbocycles. The van der Waals surface area contributed by atoms with Crippen LogP contribution in [0.4, 0.5) is 11.4 Å². The molecule has 0 aromatic heterocycles. The molecule has 164 valence electrons. The molecule has 2 N–H and O–H groups in total. The Hall–Kier alpha value is -3.75. The third kappa shape index (κ3) is 6.63. The smallest absolute Gasteiger partial charge is 0.329 e. The minimum absolute atomic E-state index is 0.110. The Labute approximate surface area is 179 Å². The molecule has 2 aromatic rings. The summed E-state index contributed by atoms with van der Waals surface area (Å²) in [6, 6.07) is 11.3. The second kappa shape index (κ2) is 10.3. The number of anilines is 1. The van der Waals surface area contributed by atoms with Crippen LogP contribution in [0, 0.1) is 23.0 Å². The lowest BCUT2D eigenvalue weighted by molar-refractivity contribution is -0.384. The van der Waals surface area contributed by atoms with Crippen molar-refractivity contribution >= 4 is 29.2 Å². The van der Waals surface area contributed by atoms with Crippen LogP contribution in [0.3, 0.4) is 0 Å². The summed E-state index contributed by atoms with van der Waals surface area (Å²) in [7, 11) is 0. The Morgan fingerprint density at radius 1 is 1.03 bits per heavy atom. The number of nitrogens with one attached hydrogen (secondary N) is 2. The highest BCUT2D eigenvalue weighted by molar-refractivity contribution is 5.98. The summed E-state index contributed by atoms with van der Waals surface area (Å²) in [5.74, 6) is -2.02. The molecule has 0 fully saturated rings. The third-order valence-corrected chi connectivity index (χ3v) is 4.50. The molecule has 0 spiro atoms. The first-order valence-corrected chi connectivity index (χ1v) is 9.72. The lowest BCUT2D eigenvalue weighted by atomic mass is 10.0. The molecule has 1 unspecified atom stereocenters. The van der Waals surface area contributed by atoms with Crippen molar-refractivity contribution < 1.29 is 24.0 Å². The number of hydrogen-bond acceptors (Lipinski definition) is 6. The van der Waals surface area contributed by atoms with Gasteiger partial charge in [0.1, 0.15) is 6.04 Å². The van der Waals surface area contributed by atoms with Gasteiger partial charge in [-0.15, -0.1) is 0 Å². The summed E-state index contributed by atoms with van der Waals surface area (Å²) in [4.78, 5) is 47.6. The summed E-state index contributed by atoms with van der Waals surface area (Å²) in [6.07, 6.45) is -1.14. The predicted octanol–water partition coefficient (Wildman–Crippen LogP) is 3.23. The number of carbonyl (C=O) groups excluding carboxylic acids is 3. The van der Waals surface area contributed by atoms with Gasteiger partial charge in [0.05, 0.1) is 4.92 Å². The zero-order valence-electron chi connectivity index (χ0n) is 17.7. The average Bonchev–Trinajstić information content (AvgIpc) is 2.71. The van der Waals surface area contributed by atoms with Crippen LogP contribution in [0.25, 0.3) is 0 Å². The minimum Gasteiger partial charge on any atom is -0.451 e. The number of nitro groups is 1. The Balaban J connectivity index is 1.99. The van der Waals surface area contributed by atoms with E-state index in [4.69, 9.17) is 4.74 Å². The van der Waals surface area contributed by atoms with Gasteiger partial charge in [-0.2, -0.15) is 0 Å². The van der Waals surface area contributed by atoms with E-state index in [1.54, 1.807) is 32.0 Å². The number of rotatable bonds is 8. The first kappa shape index (κ1) is 23.5. The maximum absolute atomic E-state index is 12.6. The standard InChI is InChI=1S/C22H25N3O6/c1-13(2)19(24-21(27)16-7-5-6-14(3)12-16)22(28)31-15(4)20(26)23-17-8-10-18(11-9-17)25(29)30/h5-13,15,19H,1-4H3,(H,23,26)(H,24,27)/t15?,19-/m0/s1. The van der Waals surface area contributed by atoms with Crippen LogP contribution in [0.5, 0.6) is 0 Å². The highest BCUT2D eigenvalue weighted by Gasteiger charge is 2.29. The molecule has 9 nitrogen and oxygen atoms in total. The topological polar surface area (TPSA) is 128 Å². The van der Waals surface area contributed by atoms with Crippen molar-refractivity contribution in [1.82, 2.24) is 5.32 Å². The van der Waals surface area contributed by atoms with Gasteiger partial charge in [-0.05, 0) is 44.0 Å². The maximum Gasteiger partial charge on any atom is 0.329 e. The predicted molar refractivity (Wildman–Crippen MR) is 115 cm³/mol. The average molecular weight is 427 g/mol. The normalized spacial score (nSPS) is 12.5. The quantitative estimate of drug-likeness (QED) is 0.378. The number of nitro benzene ring substituents is 1. The molecule has 0 aliphatic rings. The summed E-state index contributed by atoms with van der Waals surface area (Å²) >= 11 is 0. The highest BCUT2D eigenvalue weighted by atomic mass is 16.6. The van der Waals surface area contributed by atoms with Crippen molar-refractivity contribution in [3.63, 3.8) is 0 Å². The largest absolute Gasteiger partial charge is 0.451 e. The van der Waals surface area contributed by atoms with E-state index in [0.717, 1.165) is 5.56 Å². The van der Waals surface area contributed by atoms with Crippen LogP contribution in [-0.2, 0) is 14.3 Å². The van der Waals surface area contributed by atoms with Gasteiger partial charge >= 0.3 is 5.97 Å². The molecule has 31 heavy (non-hydrogen) atoms. The van der Waals surface area contributed by atoms with E-state index < -0.39 is 34.9 Å². The molecule has 0 aliphatic heterocycles. The molecule has 0 bridgehead atoms. The van der Waals surface area contributed by atoms with Crippen molar-refractivity contribution in [2.24, 2.45) is 5.92 Å².